The van der Waals surface area contributed by atoms with E-state index >= 15 is 0 Å². The fourth-order valence-electron chi connectivity index (χ4n) is 2.52. The molecule has 1 aliphatic rings. The van der Waals surface area contributed by atoms with E-state index in [1.165, 1.54) is 10.9 Å². The first-order valence-electron chi connectivity index (χ1n) is 7.69. The van der Waals surface area contributed by atoms with Gasteiger partial charge < -0.3 is 14.9 Å². The van der Waals surface area contributed by atoms with Gasteiger partial charge in [0, 0.05) is 5.92 Å². The SMILES string of the molecule is CC(C)C(=O)Nc1nc2c(ncn2C2OC(CO)C(F)C2O)c(=O)[nH]1. The van der Waals surface area contributed by atoms with Crippen molar-refractivity contribution in [3.63, 3.8) is 0 Å². The molecule has 1 fully saturated rings. The number of H-pyrrole nitrogens is 1. The Balaban J connectivity index is 2.01. The first kappa shape index (κ1) is 17.5. The number of alkyl halides is 1. The molecule has 4 N–H and O–H groups in total. The zero-order valence-corrected chi connectivity index (χ0v) is 13.5. The van der Waals surface area contributed by atoms with Crippen LogP contribution in [0.4, 0.5) is 10.3 Å². The molecule has 1 aliphatic heterocycles. The molecule has 3 heterocycles. The van der Waals surface area contributed by atoms with Gasteiger partial charge >= 0.3 is 0 Å². The summed E-state index contributed by atoms with van der Waals surface area (Å²) in [5, 5.41) is 21.6. The van der Waals surface area contributed by atoms with E-state index in [0.29, 0.717) is 0 Å². The standard InChI is InChI=1S/C14H18FN5O5/c1-5(2)11(23)18-14-17-10-8(12(24)19-14)16-4-20(10)13-9(22)7(15)6(3-21)25-13/h4-7,9,13,21-22H,3H2,1-2H3,(H2,17,18,19,23,24). The summed E-state index contributed by atoms with van der Waals surface area (Å²) in [6.07, 6.45) is -4.58. The molecule has 11 heteroatoms. The highest BCUT2D eigenvalue weighted by Gasteiger charge is 2.45. The van der Waals surface area contributed by atoms with Gasteiger partial charge in [-0.25, -0.2) is 9.37 Å². The van der Waals surface area contributed by atoms with Crippen LogP contribution in [0.2, 0.25) is 0 Å². The zero-order chi connectivity index (χ0) is 18.3. The Bertz CT molecular complexity index is 850. The largest absolute Gasteiger partial charge is 0.394 e. The fraction of sp³-hybridized carbons (Fsp3) is 0.571. The second-order valence-corrected chi connectivity index (χ2v) is 6.07. The van der Waals surface area contributed by atoms with Crippen LogP contribution in [0.3, 0.4) is 0 Å². The number of halogens is 1. The van der Waals surface area contributed by atoms with E-state index in [1.807, 2.05) is 0 Å². The number of carbonyl (C=O) groups excluding carboxylic acids is 1. The number of hydrogen-bond acceptors (Lipinski definition) is 7. The molecule has 3 rings (SSSR count). The van der Waals surface area contributed by atoms with Crippen LogP contribution >= 0.6 is 0 Å². The highest BCUT2D eigenvalue weighted by molar-refractivity contribution is 5.91. The van der Waals surface area contributed by atoms with Crippen LogP contribution in [0, 0.1) is 5.92 Å². The number of imidazole rings is 1. The molecule has 0 aliphatic carbocycles. The van der Waals surface area contributed by atoms with Crippen molar-refractivity contribution in [1.29, 1.82) is 0 Å². The summed E-state index contributed by atoms with van der Waals surface area (Å²) in [6, 6.07) is 0. The average Bonchev–Trinajstić information content (AvgIpc) is 3.10. The van der Waals surface area contributed by atoms with E-state index in [-0.39, 0.29) is 28.9 Å². The summed E-state index contributed by atoms with van der Waals surface area (Å²) in [4.78, 5) is 34.3. The lowest BCUT2D eigenvalue weighted by Crippen LogP contribution is -2.29. The molecular weight excluding hydrogens is 337 g/mol. The number of anilines is 1. The van der Waals surface area contributed by atoms with E-state index in [1.54, 1.807) is 13.8 Å². The molecule has 2 aromatic rings. The quantitative estimate of drug-likeness (QED) is 0.568. The van der Waals surface area contributed by atoms with Crippen LogP contribution in [0.5, 0.6) is 0 Å². The highest BCUT2D eigenvalue weighted by atomic mass is 19.1. The molecule has 0 bridgehead atoms. The Hall–Kier alpha value is -2.37. The molecule has 4 atom stereocenters. The Labute approximate surface area is 140 Å². The number of aromatic nitrogens is 4. The minimum absolute atomic E-state index is 0.0117. The number of aromatic amines is 1. The highest BCUT2D eigenvalue weighted by Crippen LogP contribution is 2.32. The number of fused-ring (bicyclic) bond motifs is 1. The van der Waals surface area contributed by atoms with Crippen LogP contribution in [-0.2, 0) is 9.53 Å². The third-order valence-corrected chi connectivity index (χ3v) is 3.94. The Kier molecular flexibility index (Phi) is 4.54. The normalized spacial score (nSPS) is 26.5. The van der Waals surface area contributed by atoms with Gasteiger partial charge in [-0.2, -0.15) is 4.98 Å². The van der Waals surface area contributed by atoms with Gasteiger partial charge in [0.05, 0.1) is 12.9 Å². The van der Waals surface area contributed by atoms with Crippen molar-refractivity contribution in [3.05, 3.63) is 16.7 Å². The Morgan fingerprint density at radius 2 is 2.28 bits per heavy atom. The molecule has 0 saturated carbocycles. The number of hydrogen-bond donors (Lipinski definition) is 4. The second-order valence-electron chi connectivity index (χ2n) is 6.07. The molecule has 4 unspecified atom stereocenters. The van der Waals surface area contributed by atoms with E-state index in [2.05, 4.69) is 20.3 Å². The molecule has 10 nitrogen and oxygen atoms in total. The van der Waals surface area contributed by atoms with Crippen LogP contribution in [0.15, 0.2) is 11.1 Å². The van der Waals surface area contributed by atoms with Gasteiger partial charge in [-0.1, -0.05) is 13.8 Å². The maximum atomic E-state index is 13.9. The van der Waals surface area contributed by atoms with Crippen molar-refractivity contribution in [1.82, 2.24) is 19.5 Å². The van der Waals surface area contributed by atoms with Crippen LogP contribution < -0.4 is 10.9 Å². The molecule has 25 heavy (non-hydrogen) atoms. The number of nitrogens with one attached hydrogen (secondary N) is 2. The lowest BCUT2D eigenvalue weighted by molar-refractivity contribution is -0.118. The molecule has 1 amide bonds. The number of ether oxygens (including phenoxy) is 1. The van der Waals surface area contributed by atoms with Gasteiger partial charge in [0.2, 0.25) is 11.9 Å². The van der Waals surface area contributed by atoms with Crippen molar-refractivity contribution in [2.24, 2.45) is 5.92 Å². The maximum Gasteiger partial charge on any atom is 0.280 e. The monoisotopic (exact) mass is 355 g/mol. The average molecular weight is 355 g/mol. The van der Waals surface area contributed by atoms with Crippen LogP contribution in [0.25, 0.3) is 11.2 Å². The van der Waals surface area contributed by atoms with E-state index in [0.717, 1.165) is 0 Å². The maximum absolute atomic E-state index is 13.9. The molecule has 136 valence electrons. The van der Waals surface area contributed by atoms with E-state index in [4.69, 9.17) is 9.84 Å². The van der Waals surface area contributed by atoms with Gasteiger partial charge in [-0.05, 0) is 0 Å². The number of aliphatic hydroxyl groups excluding tert-OH is 2. The van der Waals surface area contributed by atoms with Crippen molar-refractivity contribution >= 4 is 23.0 Å². The minimum atomic E-state index is -1.80. The number of aliphatic hydroxyl groups is 2. The van der Waals surface area contributed by atoms with E-state index < -0.39 is 36.8 Å². The van der Waals surface area contributed by atoms with Crippen molar-refractivity contribution < 1.29 is 24.1 Å². The molecule has 0 spiro atoms. The third-order valence-electron chi connectivity index (χ3n) is 3.94. The van der Waals surface area contributed by atoms with Crippen molar-refractivity contribution in [2.45, 2.75) is 38.5 Å². The third kappa shape index (κ3) is 3.01. The van der Waals surface area contributed by atoms with Gasteiger partial charge in [0.25, 0.3) is 5.56 Å². The summed E-state index contributed by atoms with van der Waals surface area (Å²) in [7, 11) is 0. The molecule has 1 saturated heterocycles. The summed E-state index contributed by atoms with van der Waals surface area (Å²) in [5.74, 6) is -0.778. The lowest BCUT2D eigenvalue weighted by atomic mass is 10.1. The summed E-state index contributed by atoms with van der Waals surface area (Å²) in [5.41, 5.74) is -0.648. The van der Waals surface area contributed by atoms with Gasteiger partial charge in [-0.3, -0.25) is 24.5 Å². The lowest BCUT2D eigenvalue weighted by Gasteiger charge is -2.16. The number of carbonyl (C=O) groups is 1. The minimum Gasteiger partial charge on any atom is -0.394 e. The fourth-order valence-corrected chi connectivity index (χ4v) is 2.52. The molecule has 2 aromatic heterocycles. The predicted molar refractivity (Wildman–Crippen MR) is 83.5 cm³/mol. The Morgan fingerprint density at radius 1 is 1.56 bits per heavy atom. The topological polar surface area (TPSA) is 142 Å². The van der Waals surface area contributed by atoms with Crippen molar-refractivity contribution in [3.8, 4) is 0 Å². The number of rotatable bonds is 4. The summed E-state index contributed by atoms with van der Waals surface area (Å²) in [6.45, 7) is 2.75. The number of amides is 1. The number of nitrogens with zero attached hydrogens (tertiary/aromatic N) is 3. The zero-order valence-electron chi connectivity index (χ0n) is 13.5. The predicted octanol–water partition coefficient (Wildman–Crippen LogP) is -0.697. The second kappa shape index (κ2) is 6.50. The van der Waals surface area contributed by atoms with E-state index in [9.17, 15) is 19.1 Å². The van der Waals surface area contributed by atoms with Crippen LogP contribution in [-0.4, -0.2) is 60.6 Å². The summed E-state index contributed by atoms with van der Waals surface area (Å²) >= 11 is 0. The van der Waals surface area contributed by atoms with Gasteiger partial charge in [0.15, 0.2) is 23.6 Å². The Morgan fingerprint density at radius 3 is 2.88 bits per heavy atom. The first-order valence-corrected chi connectivity index (χ1v) is 7.69. The molecule has 0 radical (unpaired) electrons. The first-order chi connectivity index (χ1) is 11.8. The van der Waals surface area contributed by atoms with Gasteiger partial charge in [0.1, 0.15) is 12.2 Å². The van der Waals surface area contributed by atoms with Gasteiger partial charge in [-0.15, -0.1) is 0 Å². The smallest absolute Gasteiger partial charge is 0.280 e. The summed E-state index contributed by atoms with van der Waals surface area (Å²) < 4.78 is 20.4. The van der Waals surface area contributed by atoms with Crippen LogP contribution in [0.1, 0.15) is 20.1 Å². The van der Waals surface area contributed by atoms with Crippen molar-refractivity contribution in [2.75, 3.05) is 11.9 Å². The molecular formula is C14H18FN5O5. The molecule has 0 aromatic carbocycles.